The van der Waals surface area contributed by atoms with Crippen LogP contribution >= 0.6 is 0 Å². The highest BCUT2D eigenvalue weighted by atomic mass is 16.7. The Bertz CT molecular complexity index is 1030. The van der Waals surface area contributed by atoms with E-state index in [0.29, 0.717) is 12.4 Å². The van der Waals surface area contributed by atoms with E-state index in [9.17, 15) is 10.5 Å². The topological polar surface area (TPSA) is 114 Å². The van der Waals surface area contributed by atoms with Crippen molar-refractivity contribution in [2.75, 3.05) is 14.2 Å². The third-order valence-corrected chi connectivity index (χ3v) is 5.94. The Balaban J connectivity index is 1.63. The Morgan fingerprint density at radius 2 is 1.66 bits per heavy atom. The van der Waals surface area contributed by atoms with Crippen LogP contribution in [0.25, 0.3) is 0 Å². The molecule has 0 radical (unpaired) electrons. The maximum Gasteiger partial charge on any atom is 0.292 e. The zero-order valence-electron chi connectivity index (χ0n) is 16.1. The van der Waals surface area contributed by atoms with Crippen LogP contribution in [0.5, 0.6) is 5.75 Å². The fourth-order valence-electron chi connectivity index (χ4n) is 4.52. The van der Waals surface area contributed by atoms with Gasteiger partial charge in [-0.25, -0.2) is 4.99 Å². The summed E-state index contributed by atoms with van der Waals surface area (Å²) in [6.07, 6.45) is 0. The third kappa shape index (κ3) is 2.26. The van der Waals surface area contributed by atoms with Gasteiger partial charge in [0, 0.05) is 20.1 Å². The summed E-state index contributed by atoms with van der Waals surface area (Å²) in [5, 5.41) is 20.0. The third-order valence-electron chi connectivity index (χ3n) is 5.94. The van der Waals surface area contributed by atoms with Crippen LogP contribution in [0.4, 0.5) is 0 Å². The van der Waals surface area contributed by atoms with E-state index in [2.05, 4.69) is 17.1 Å². The van der Waals surface area contributed by atoms with Crippen LogP contribution in [-0.4, -0.2) is 26.0 Å². The van der Waals surface area contributed by atoms with E-state index in [1.165, 1.54) is 14.2 Å². The smallest absolute Gasteiger partial charge is 0.292 e. The number of fused-ring (bicyclic) bond motifs is 1. The van der Waals surface area contributed by atoms with Gasteiger partial charge in [-0.1, -0.05) is 42.5 Å². The lowest BCUT2D eigenvalue weighted by Gasteiger charge is -2.29. The van der Waals surface area contributed by atoms with Gasteiger partial charge >= 0.3 is 0 Å². The van der Waals surface area contributed by atoms with Crippen molar-refractivity contribution in [3.63, 3.8) is 0 Å². The van der Waals surface area contributed by atoms with E-state index in [-0.39, 0.29) is 5.84 Å². The van der Waals surface area contributed by atoms with E-state index in [4.69, 9.17) is 19.9 Å². The fourth-order valence-corrected chi connectivity index (χ4v) is 4.52. The molecule has 0 bridgehead atoms. The lowest BCUT2D eigenvalue weighted by atomic mass is 9.93. The number of nitrogens with zero attached hydrogens (tertiary/aromatic N) is 3. The number of hydrogen-bond donors (Lipinski definition) is 1. The van der Waals surface area contributed by atoms with Crippen LogP contribution in [0, 0.1) is 33.5 Å². The number of nitrogens with two attached hydrogens (primary N) is 1. The predicted octanol–water partition coefficient (Wildman–Crippen LogP) is 2.70. The van der Waals surface area contributed by atoms with Crippen molar-refractivity contribution in [1.29, 1.82) is 10.5 Å². The van der Waals surface area contributed by atoms with Crippen molar-refractivity contribution in [2.45, 2.75) is 18.4 Å². The molecule has 0 spiro atoms. The molecule has 0 saturated heterocycles. The van der Waals surface area contributed by atoms with Gasteiger partial charge in [-0.3, -0.25) is 0 Å². The summed E-state index contributed by atoms with van der Waals surface area (Å²) in [6, 6.07) is 21.6. The highest BCUT2D eigenvalue weighted by molar-refractivity contribution is 6.00. The van der Waals surface area contributed by atoms with E-state index >= 15 is 0 Å². The van der Waals surface area contributed by atoms with Crippen LogP contribution in [0.3, 0.4) is 0 Å². The monoisotopic (exact) mass is 388 g/mol. The molecule has 1 saturated carbocycles. The average molecular weight is 388 g/mol. The molecule has 0 unspecified atom stereocenters. The summed E-state index contributed by atoms with van der Waals surface area (Å²) in [5.41, 5.74) is 5.31. The first-order valence-electron chi connectivity index (χ1n) is 9.10. The maximum atomic E-state index is 10.1. The summed E-state index contributed by atoms with van der Waals surface area (Å²) < 4.78 is 16.8. The molecule has 1 aliphatic carbocycles. The standard InChI is InChI=1S/C22H20N4O3/c1-27-22(28-2)21(14-24)18(20(21,13-23)19(25)26-22)16-8-10-17(11-9-16)29-12-15-6-4-3-5-7-15/h3-11,18H,12H2,1-2H3,(H2,25,26)/t18-,20-,21-/m1/s1. The average Bonchev–Trinajstić information content (AvgIpc) is 3.35. The minimum atomic E-state index is -1.62. The lowest BCUT2D eigenvalue weighted by molar-refractivity contribution is -0.230. The number of amidine groups is 1. The quantitative estimate of drug-likeness (QED) is 0.761. The number of hydrogen-bond acceptors (Lipinski definition) is 7. The molecule has 29 heavy (non-hydrogen) atoms. The zero-order valence-corrected chi connectivity index (χ0v) is 16.1. The molecule has 1 fully saturated rings. The molecule has 1 aliphatic heterocycles. The Kier molecular flexibility index (Phi) is 4.31. The van der Waals surface area contributed by atoms with Gasteiger partial charge < -0.3 is 19.9 Å². The minimum absolute atomic E-state index is 0.0552. The summed E-state index contributed by atoms with van der Waals surface area (Å²) in [7, 11) is 2.78. The van der Waals surface area contributed by atoms with Crippen LogP contribution in [0.1, 0.15) is 17.0 Å². The molecule has 4 rings (SSSR count). The Morgan fingerprint density at radius 3 is 2.21 bits per heavy atom. The summed E-state index contributed by atoms with van der Waals surface area (Å²) in [4.78, 5) is 4.21. The number of nitriles is 2. The molecular weight excluding hydrogens is 368 g/mol. The van der Waals surface area contributed by atoms with Gasteiger partial charge in [-0.2, -0.15) is 10.5 Å². The summed E-state index contributed by atoms with van der Waals surface area (Å²) in [6.45, 7) is 0.448. The summed E-state index contributed by atoms with van der Waals surface area (Å²) in [5.74, 6) is -1.40. The van der Waals surface area contributed by atoms with Crippen molar-refractivity contribution in [3.8, 4) is 17.9 Å². The normalized spacial score (nSPS) is 28.6. The number of methoxy groups -OCH3 is 2. The van der Waals surface area contributed by atoms with Gasteiger partial charge in [0.2, 0.25) is 0 Å². The van der Waals surface area contributed by atoms with Crippen molar-refractivity contribution in [1.82, 2.24) is 0 Å². The Labute approximate surface area is 168 Å². The number of rotatable bonds is 6. The van der Waals surface area contributed by atoms with E-state index in [0.717, 1.165) is 11.1 Å². The molecular formula is C22H20N4O3. The second-order valence-electron chi connectivity index (χ2n) is 7.10. The predicted molar refractivity (Wildman–Crippen MR) is 104 cm³/mol. The van der Waals surface area contributed by atoms with Crippen LogP contribution in [-0.2, 0) is 16.1 Å². The SMILES string of the molecule is COC1(OC)N=C(N)[C@@]2(C#N)[C@@H](c3ccc(OCc4ccccc4)cc3)[C@@]12C#N. The molecule has 0 aromatic heterocycles. The molecule has 2 N–H and O–H groups in total. The van der Waals surface area contributed by atoms with Gasteiger partial charge in [-0.15, -0.1) is 0 Å². The second-order valence-corrected chi connectivity index (χ2v) is 7.10. The first-order valence-corrected chi connectivity index (χ1v) is 9.10. The highest BCUT2D eigenvalue weighted by Crippen LogP contribution is 2.81. The Hall–Kier alpha value is -3.39. The molecule has 1 heterocycles. The van der Waals surface area contributed by atoms with Gasteiger partial charge in [0.25, 0.3) is 5.91 Å². The van der Waals surface area contributed by atoms with Crippen molar-refractivity contribution in [3.05, 3.63) is 65.7 Å². The second kappa shape index (κ2) is 6.59. The van der Waals surface area contributed by atoms with Gasteiger partial charge in [0.05, 0.1) is 12.1 Å². The Morgan fingerprint density at radius 1 is 1.00 bits per heavy atom. The number of ether oxygens (including phenoxy) is 3. The highest BCUT2D eigenvalue weighted by Gasteiger charge is 2.93. The lowest BCUT2D eigenvalue weighted by Crippen LogP contribution is -2.41. The fraction of sp³-hybridized carbons (Fsp3) is 0.318. The van der Waals surface area contributed by atoms with Gasteiger partial charge in [0.1, 0.15) is 23.6 Å². The molecule has 2 aromatic carbocycles. The molecule has 146 valence electrons. The first-order chi connectivity index (χ1) is 14.0. The van der Waals surface area contributed by atoms with Gasteiger partial charge in [-0.05, 0) is 23.3 Å². The van der Waals surface area contributed by atoms with E-state index < -0.39 is 22.7 Å². The van der Waals surface area contributed by atoms with Crippen LogP contribution in [0.15, 0.2) is 59.6 Å². The first kappa shape index (κ1) is 18.9. The molecule has 3 atom stereocenters. The maximum absolute atomic E-state index is 10.1. The van der Waals surface area contributed by atoms with Crippen LogP contribution in [0.2, 0.25) is 0 Å². The molecule has 2 aromatic rings. The van der Waals surface area contributed by atoms with E-state index in [1.54, 1.807) is 0 Å². The van der Waals surface area contributed by atoms with Crippen molar-refractivity contribution < 1.29 is 14.2 Å². The molecule has 2 aliphatic rings. The molecule has 7 nitrogen and oxygen atoms in total. The molecule has 7 heteroatoms. The number of aliphatic imine (C=N–C) groups is 1. The number of benzene rings is 2. The largest absolute Gasteiger partial charge is 0.489 e. The summed E-state index contributed by atoms with van der Waals surface area (Å²) >= 11 is 0. The van der Waals surface area contributed by atoms with Crippen molar-refractivity contribution in [2.24, 2.45) is 21.6 Å². The van der Waals surface area contributed by atoms with E-state index in [1.807, 2.05) is 54.6 Å². The minimum Gasteiger partial charge on any atom is -0.489 e. The van der Waals surface area contributed by atoms with Crippen LogP contribution < -0.4 is 10.5 Å². The van der Waals surface area contributed by atoms with Gasteiger partial charge in [0.15, 0.2) is 5.41 Å². The zero-order chi connectivity index (χ0) is 20.7. The molecule has 0 amide bonds. The van der Waals surface area contributed by atoms with Crippen molar-refractivity contribution >= 4 is 5.84 Å².